The van der Waals surface area contributed by atoms with Crippen LogP contribution < -0.4 is 0 Å². The van der Waals surface area contributed by atoms with Crippen molar-refractivity contribution >= 4 is 27.5 Å². The molecule has 0 saturated carbocycles. The fourth-order valence-corrected chi connectivity index (χ4v) is 3.40. The average Bonchev–Trinajstić information content (AvgIpc) is 2.31. The molecule has 5 heteroatoms. The molecule has 1 heterocycles. The van der Waals surface area contributed by atoms with Gasteiger partial charge in [0.1, 0.15) is 5.60 Å². The van der Waals surface area contributed by atoms with Crippen LogP contribution in [0.15, 0.2) is 22.7 Å². The van der Waals surface area contributed by atoms with Gasteiger partial charge in [0.2, 0.25) is 0 Å². The summed E-state index contributed by atoms with van der Waals surface area (Å²) in [7, 11) is 0. The van der Waals surface area contributed by atoms with Gasteiger partial charge < -0.3 is 10.2 Å². The predicted octanol–water partition coefficient (Wildman–Crippen LogP) is 2.77. The molecule has 0 radical (unpaired) electrons. The lowest BCUT2D eigenvalue weighted by atomic mass is 9.94. The molecule has 0 bridgehead atoms. The topological polar surface area (TPSA) is 43.7 Å². The Balaban J connectivity index is 2.09. The number of halogens is 2. The van der Waals surface area contributed by atoms with Crippen molar-refractivity contribution in [3.05, 3.63) is 33.3 Å². The maximum Gasteiger partial charge on any atom is 0.101 e. The number of hydrogen-bond acceptors (Lipinski definition) is 3. The van der Waals surface area contributed by atoms with E-state index in [1.54, 1.807) is 13.0 Å². The zero-order chi connectivity index (χ0) is 14.0. The molecule has 0 amide bonds. The summed E-state index contributed by atoms with van der Waals surface area (Å²) in [6.07, 6.45) is 1.34. The van der Waals surface area contributed by atoms with Gasteiger partial charge in [-0.2, -0.15) is 0 Å². The minimum absolute atomic E-state index is 0.197. The van der Waals surface area contributed by atoms with Gasteiger partial charge in [-0.1, -0.05) is 33.6 Å². The number of aliphatic hydroxyl groups excluding tert-OH is 1. The van der Waals surface area contributed by atoms with E-state index in [-0.39, 0.29) is 6.10 Å². The highest BCUT2D eigenvalue weighted by Gasteiger charge is 2.30. The first-order valence-electron chi connectivity index (χ1n) is 6.47. The van der Waals surface area contributed by atoms with E-state index in [1.165, 1.54) is 0 Å². The summed E-state index contributed by atoms with van der Waals surface area (Å²) in [5.74, 6) is 0. The van der Waals surface area contributed by atoms with E-state index < -0.39 is 5.60 Å². The minimum atomic E-state index is -0.986. The normalized spacial score (nSPS) is 21.3. The van der Waals surface area contributed by atoms with Crippen LogP contribution >= 0.6 is 27.5 Å². The van der Waals surface area contributed by atoms with E-state index in [1.807, 2.05) is 12.1 Å². The van der Waals surface area contributed by atoms with Gasteiger partial charge >= 0.3 is 0 Å². The van der Waals surface area contributed by atoms with Gasteiger partial charge in [-0.05, 0) is 31.9 Å². The Kier molecular flexibility index (Phi) is 4.90. The predicted molar refractivity (Wildman–Crippen MR) is 80.4 cm³/mol. The highest BCUT2D eigenvalue weighted by Crippen LogP contribution is 2.31. The standard InChI is InChI=1S/C14H19BrClNO2/c1-14(19,9-17-6-4-11(18)5-7-17)12-3-2-10(15)8-13(12)16/h2-3,8,11,18-19H,4-7,9H2,1H3/t14-/m1/s1. The van der Waals surface area contributed by atoms with Gasteiger partial charge in [-0.3, -0.25) is 4.90 Å². The molecule has 2 rings (SSSR count). The summed E-state index contributed by atoms with van der Waals surface area (Å²) in [5, 5.41) is 20.7. The molecule has 19 heavy (non-hydrogen) atoms. The number of hydrogen-bond donors (Lipinski definition) is 2. The Hall–Kier alpha value is -0.130. The second kappa shape index (κ2) is 6.10. The van der Waals surface area contributed by atoms with Crippen LogP contribution in [0.4, 0.5) is 0 Å². The molecule has 1 atom stereocenters. The second-order valence-corrected chi connectivity index (χ2v) is 6.73. The summed E-state index contributed by atoms with van der Waals surface area (Å²) < 4.78 is 0.901. The van der Waals surface area contributed by atoms with Crippen LogP contribution in [0.5, 0.6) is 0 Å². The minimum Gasteiger partial charge on any atom is -0.393 e. The highest BCUT2D eigenvalue weighted by molar-refractivity contribution is 9.10. The number of aliphatic hydroxyl groups is 2. The van der Waals surface area contributed by atoms with Crippen LogP contribution in [0.3, 0.4) is 0 Å². The van der Waals surface area contributed by atoms with E-state index in [2.05, 4.69) is 20.8 Å². The van der Waals surface area contributed by atoms with Crippen molar-refractivity contribution in [1.29, 1.82) is 0 Å². The molecule has 1 aromatic rings. The van der Waals surface area contributed by atoms with Gasteiger partial charge in [0.15, 0.2) is 0 Å². The van der Waals surface area contributed by atoms with Gasteiger partial charge in [-0.25, -0.2) is 0 Å². The first kappa shape index (κ1) is 15.3. The smallest absolute Gasteiger partial charge is 0.101 e. The van der Waals surface area contributed by atoms with Crippen LogP contribution in [0, 0.1) is 0 Å². The third kappa shape index (κ3) is 3.92. The summed E-state index contributed by atoms with van der Waals surface area (Å²) >= 11 is 9.57. The molecule has 2 N–H and O–H groups in total. The molecule has 1 saturated heterocycles. The highest BCUT2D eigenvalue weighted by atomic mass is 79.9. The fourth-order valence-electron chi connectivity index (χ4n) is 2.52. The molecule has 1 aliphatic rings. The zero-order valence-corrected chi connectivity index (χ0v) is 13.3. The molecule has 0 aliphatic carbocycles. The second-order valence-electron chi connectivity index (χ2n) is 5.41. The lowest BCUT2D eigenvalue weighted by Gasteiger charge is -2.36. The largest absolute Gasteiger partial charge is 0.393 e. The van der Waals surface area contributed by atoms with Crippen LogP contribution in [0.25, 0.3) is 0 Å². The van der Waals surface area contributed by atoms with E-state index in [4.69, 9.17) is 11.6 Å². The Labute approximate surface area is 127 Å². The lowest BCUT2D eigenvalue weighted by molar-refractivity contribution is -0.00552. The van der Waals surface area contributed by atoms with E-state index in [0.29, 0.717) is 11.6 Å². The summed E-state index contributed by atoms with van der Waals surface area (Å²) in [4.78, 5) is 2.17. The van der Waals surface area contributed by atoms with Crippen LogP contribution in [0.2, 0.25) is 5.02 Å². The maximum absolute atomic E-state index is 10.7. The molecule has 1 aliphatic heterocycles. The number of piperidine rings is 1. The monoisotopic (exact) mass is 347 g/mol. The third-order valence-electron chi connectivity index (χ3n) is 3.60. The van der Waals surface area contributed by atoms with Gasteiger partial charge in [0, 0.05) is 34.7 Å². The fraction of sp³-hybridized carbons (Fsp3) is 0.571. The molecule has 0 spiro atoms. The number of likely N-dealkylation sites (tertiary alicyclic amines) is 1. The van der Waals surface area contributed by atoms with Crippen molar-refractivity contribution in [2.24, 2.45) is 0 Å². The molecule has 0 unspecified atom stereocenters. The number of β-amino-alcohol motifs (C(OH)–C–C–N with tert-alkyl or cyclic N) is 1. The average molecular weight is 349 g/mol. The van der Waals surface area contributed by atoms with Gasteiger partial charge in [0.25, 0.3) is 0 Å². The zero-order valence-electron chi connectivity index (χ0n) is 10.9. The molecular weight excluding hydrogens is 330 g/mol. The molecule has 106 valence electrons. The molecule has 0 aromatic heterocycles. The quantitative estimate of drug-likeness (QED) is 0.883. The Morgan fingerprint density at radius 3 is 2.63 bits per heavy atom. The first-order valence-corrected chi connectivity index (χ1v) is 7.64. The van der Waals surface area contributed by atoms with Crippen molar-refractivity contribution in [3.63, 3.8) is 0 Å². The van der Waals surface area contributed by atoms with E-state index in [9.17, 15) is 10.2 Å². The van der Waals surface area contributed by atoms with Crippen molar-refractivity contribution < 1.29 is 10.2 Å². The van der Waals surface area contributed by atoms with E-state index in [0.717, 1.165) is 36.0 Å². The molecular formula is C14H19BrClNO2. The summed E-state index contributed by atoms with van der Waals surface area (Å²) in [6.45, 7) is 3.94. The number of nitrogens with zero attached hydrogens (tertiary/aromatic N) is 1. The third-order valence-corrected chi connectivity index (χ3v) is 4.41. The van der Waals surface area contributed by atoms with E-state index >= 15 is 0 Å². The Bertz CT molecular complexity index is 445. The molecule has 1 fully saturated rings. The van der Waals surface area contributed by atoms with Crippen LogP contribution in [-0.2, 0) is 5.60 Å². The first-order chi connectivity index (χ1) is 8.88. The van der Waals surface area contributed by atoms with Gasteiger partial charge in [0.05, 0.1) is 6.10 Å². The molecule has 3 nitrogen and oxygen atoms in total. The Morgan fingerprint density at radius 1 is 1.42 bits per heavy atom. The number of rotatable bonds is 3. The van der Waals surface area contributed by atoms with Crippen molar-refractivity contribution in [2.75, 3.05) is 19.6 Å². The van der Waals surface area contributed by atoms with Crippen molar-refractivity contribution in [2.45, 2.75) is 31.5 Å². The summed E-state index contributed by atoms with van der Waals surface area (Å²) in [5.41, 5.74) is -0.247. The Morgan fingerprint density at radius 2 is 2.05 bits per heavy atom. The van der Waals surface area contributed by atoms with Crippen LogP contribution in [-0.4, -0.2) is 40.9 Å². The number of benzene rings is 1. The van der Waals surface area contributed by atoms with Crippen molar-refractivity contribution in [1.82, 2.24) is 4.90 Å². The maximum atomic E-state index is 10.7. The lowest BCUT2D eigenvalue weighted by Crippen LogP contribution is -2.44. The summed E-state index contributed by atoms with van der Waals surface area (Å²) in [6, 6.07) is 5.53. The van der Waals surface area contributed by atoms with Crippen LogP contribution in [0.1, 0.15) is 25.3 Å². The SMILES string of the molecule is C[C@@](O)(CN1CCC(O)CC1)c1ccc(Br)cc1Cl. The van der Waals surface area contributed by atoms with Crippen molar-refractivity contribution in [3.8, 4) is 0 Å². The molecule has 1 aromatic carbocycles. The van der Waals surface area contributed by atoms with Gasteiger partial charge in [-0.15, -0.1) is 0 Å².